The molecule has 0 N–H and O–H groups in total. The summed E-state index contributed by atoms with van der Waals surface area (Å²) >= 11 is 0. The van der Waals surface area contributed by atoms with E-state index in [2.05, 4.69) is 5.10 Å². The van der Waals surface area contributed by atoms with E-state index in [0.717, 1.165) is 10.6 Å². The summed E-state index contributed by atoms with van der Waals surface area (Å²) in [6.07, 6.45) is 2.78. The highest BCUT2D eigenvalue weighted by molar-refractivity contribution is 5.91. The van der Waals surface area contributed by atoms with Gasteiger partial charge in [-0.15, -0.1) is 5.06 Å². The molecule has 1 amide bonds. The minimum absolute atomic E-state index is 0.539. The second kappa shape index (κ2) is 4.89. The van der Waals surface area contributed by atoms with E-state index >= 15 is 0 Å². The summed E-state index contributed by atoms with van der Waals surface area (Å²) in [5.41, 5.74) is 0.712. The highest BCUT2D eigenvalue weighted by atomic mass is 16.7. The molecule has 102 valence electrons. The summed E-state index contributed by atoms with van der Waals surface area (Å²) < 4.78 is 6.95. The summed E-state index contributed by atoms with van der Waals surface area (Å²) in [5.74, 6) is 0. The smallest absolute Gasteiger partial charge is 0.439 e. The van der Waals surface area contributed by atoms with Crippen LogP contribution in [-0.2, 0) is 9.57 Å². The van der Waals surface area contributed by atoms with Crippen LogP contribution in [0.15, 0.2) is 30.6 Å². The van der Waals surface area contributed by atoms with E-state index < -0.39 is 11.7 Å². The Kier molecular flexibility index (Phi) is 3.44. The van der Waals surface area contributed by atoms with Crippen LogP contribution in [0.1, 0.15) is 20.8 Å². The third kappa shape index (κ3) is 2.85. The number of ether oxygens (including phenoxy) is 1. The number of fused-ring (bicyclic) bond motifs is 1. The Bertz CT molecular complexity index is 586. The average Bonchev–Trinajstić information content (AvgIpc) is 2.72. The molecule has 0 unspecified atom stereocenters. The molecule has 2 aromatic rings. The Morgan fingerprint density at radius 3 is 2.74 bits per heavy atom. The first-order valence-corrected chi connectivity index (χ1v) is 5.92. The summed E-state index contributed by atoms with van der Waals surface area (Å²) in [5, 5.41) is 5.24. The number of hydroxylamine groups is 1. The number of aromatic nitrogens is 2. The van der Waals surface area contributed by atoms with Crippen molar-refractivity contribution < 1.29 is 14.4 Å². The fourth-order valence-electron chi connectivity index (χ4n) is 1.65. The normalized spacial score (nSPS) is 11.6. The van der Waals surface area contributed by atoms with Crippen molar-refractivity contribution in [1.82, 2.24) is 9.61 Å². The van der Waals surface area contributed by atoms with Crippen LogP contribution in [0.4, 0.5) is 10.5 Å². The van der Waals surface area contributed by atoms with Gasteiger partial charge in [0.1, 0.15) is 11.3 Å². The number of carbonyl (C=O) groups excluding carboxylic acids is 1. The molecular weight excluding hydrogens is 246 g/mol. The van der Waals surface area contributed by atoms with E-state index in [1.165, 1.54) is 7.11 Å². The van der Waals surface area contributed by atoms with E-state index in [1.807, 2.05) is 18.2 Å². The van der Waals surface area contributed by atoms with Crippen molar-refractivity contribution >= 4 is 17.3 Å². The van der Waals surface area contributed by atoms with Crippen molar-refractivity contribution in [3.8, 4) is 0 Å². The van der Waals surface area contributed by atoms with Crippen molar-refractivity contribution in [1.29, 1.82) is 0 Å². The Morgan fingerprint density at radius 1 is 1.37 bits per heavy atom. The summed E-state index contributed by atoms with van der Waals surface area (Å²) in [7, 11) is 1.41. The van der Waals surface area contributed by atoms with Crippen LogP contribution in [0.2, 0.25) is 0 Å². The number of carbonyl (C=O) groups is 1. The Hall–Kier alpha value is -2.08. The quantitative estimate of drug-likeness (QED) is 0.781. The van der Waals surface area contributed by atoms with Crippen LogP contribution >= 0.6 is 0 Å². The molecule has 0 saturated carbocycles. The van der Waals surface area contributed by atoms with Crippen molar-refractivity contribution in [3.63, 3.8) is 0 Å². The van der Waals surface area contributed by atoms with Crippen LogP contribution in [0, 0.1) is 0 Å². The van der Waals surface area contributed by atoms with Crippen LogP contribution < -0.4 is 5.06 Å². The van der Waals surface area contributed by atoms with E-state index in [9.17, 15) is 4.79 Å². The second-order valence-corrected chi connectivity index (χ2v) is 5.02. The minimum atomic E-state index is -0.586. The third-order valence-corrected chi connectivity index (χ3v) is 2.37. The van der Waals surface area contributed by atoms with Gasteiger partial charge < -0.3 is 4.74 Å². The van der Waals surface area contributed by atoms with Gasteiger partial charge in [-0.2, -0.15) is 5.10 Å². The van der Waals surface area contributed by atoms with Crippen LogP contribution in [0.25, 0.3) is 5.52 Å². The zero-order valence-corrected chi connectivity index (χ0v) is 11.5. The molecule has 2 rings (SSSR count). The van der Waals surface area contributed by atoms with Gasteiger partial charge >= 0.3 is 6.09 Å². The van der Waals surface area contributed by atoms with E-state index in [0.29, 0.717) is 5.69 Å². The standard InChI is InChI=1S/C13H17N3O3/c1-13(2,3)19-12(17)16(18-4)11-9-14-15-8-6-5-7-10(11)15/h5-9H,1-4H3. The Balaban J connectivity index is 2.34. The molecule has 0 aliphatic carbocycles. The predicted molar refractivity (Wildman–Crippen MR) is 70.9 cm³/mol. The molecule has 2 heterocycles. The predicted octanol–water partition coefficient (Wildman–Crippen LogP) is 2.64. The summed E-state index contributed by atoms with van der Waals surface area (Å²) in [4.78, 5) is 17.2. The molecule has 0 radical (unpaired) electrons. The molecule has 0 bridgehead atoms. The molecule has 0 saturated heterocycles. The maximum atomic E-state index is 12.1. The fraction of sp³-hybridized carbons (Fsp3) is 0.385. The van der Waals surface area contributed by atoms with E-state index in [-0.39, 0.29) is 0 Å². The third-order valence-electron chi connectivity index (χ3n) is 2.37. The fourth-order valence-corrected chi connectivity index (χ4v) is 1.65. The van der Waals surface area contributed by atoms with Gasteiger partial charge in [0.15, 0.2) is 0 Å². The number of amides is 1. The van der Waals surface area contributed by atoms with Gasteiger partial charge in [-0.3, -0.25) is 4.84 Å². The molecule has 0 aliphatic rings. The number of pyridine rings is 1. The van der Waals surface area contributed by atoms with Crippen molar-refractivity contribution in [2.75, 3.05) is 12.2 Å². The maximum Gasteiger partial charge on any atom is 0.439 e. The Labute approximate surface area is 111 Å². The van der Waals surface area contributed by atoms with Crippen LogP contribution in [0.5, 0.6) is 0 Å². The lowest BCUT2D eigenvalue weighted by Crippen LogP contribution is -2.36. The molecule has 0 aromatic carbocycles. The lowest BCUT2D eigenvalue weighted by molar-refractivity contribution is 0.0330. The van der Waals surface area contributed by atoms with Gasteiger partial charge in [-0.25, -0.2) is 9.31 Å². The van der Waals surface area contributed by atoms with Crippen molar-refractivity contribution in [2.45, 2.75) is 26.4 Å². The monoisotopic (exact) mass is 263 g/mol. The highest BCUT2D eigenvalue weighted by Crippen LogP contribution is 2.23. The molecule has 6 nitrogen and oxygen atoms in total. The van der Waals surface area contributed by atoms with Gasteiger partial charge in [0.25, 0.3) is 0 Å². The summed E-state index contributed by atoms with van der Waals surface area (Å²) in [6.45, 7) is 5.40. The zero-order chi connectivity index (χ0) is 14.0. The van der Waals surface area contributed by atoms with Gasteiger partial charge in [-0.05, 0) is 32.9 Å². The van der Waals surface area contributed by atoms with E-state index in [1.54, 1.807) is 37.7 Å². The number of nitrogens with zero attached hydrogens (tertiary/aromatic N) is 3. The largest absolute Gasteiger partial charge is 0.442 e. The van der Waals surface area contributed by atoms with Crippen LogP contribution in [-0.4, -0.2) is 28.4 Å². The molecule has 0 atom stereocenters. The SMILES string of the molecule is CON(C(=O)OC(C)(C)C)c1cnn2ccccc12. The Morgan fingerprint density at radius 2 is 2.11 bits per heavy atom. The highest BCUT2D eigenvalue weighted by Gasteiger charge is 2.25. The second-order valence-electron chi connectivity index (χ2n) is 5.02. The van der Waals surface area contributed by atoms with Gasteiger partial charge in [0, 0.05) is 6.20 Å². The molecule has 0 fully saturated rings. The number of hydrogen-bond donors (Lipinski definition) is 0. The average molecular weight is 263 g/mol. The summed E-state index contributed by atoms with van der Waals surface area (Å²) in [6, 6.07) is 5.57. The maximum absolute atomic E-state index is 12.1. The first-order chi connectivity index (χ1) is 8.92. The number of rotatable bonds is 2. The van der Waals surface area contributed by atoms with Crippen LogP contribution in [0.3, 0.4) is 0 Å². The molecule has 2 aromatic heterocycles. The first kappa shape index (κ1) is 13.4. The topological polar surface area (TPSA) is 56.1 Å². The molecule has 19 heavy (non-hydrogen) atoms. The molecule has 6 heteroatoms. The minimum Gasteiger partial charge on any atom is -0.442 e. The molecule has 0 aliphatic heterocycles. The molecule has 0 spiro atoms. The van der Waals surface area contributed by atoms with Gasteiger partial charge in [0.05, 0.1) is 18.8 Å². The van der Waals surface area contributed by atoms with E-state index in [4.69, 9.17) is 9.57 Å². The van der Waals surface area contributed by atoms with Gasteiger partial charge in [-0.1, -0.05) is 6.07 Å². The lowest BCUT2D eigenvalue weighted by Gasteiger charge is -2.24. The lowest BCUT2D eigenvalue weighted by atomic mass is 10.2. The van der Waals surface area contributed by atoms with Crippen molar-refractivity contribution in [2.24, 2.45) is 0 Å². The van der Waals surface area contributed by atoms with Crippen molar-refractivity contribution in [3.05, 3.63) is 30.6 Å². The molecular formula is C13H17N3O3. The van der Waals surface area contributed by atoms with Gasteiger partial charge in [0.2, 0.25) is 0 Å². The number of anilines is 1. The first-order valence-electron chi connectivity index (χ1n) is 5.92. The number of hydrogen-bond acceptors (Lipinski definition) is 4. The zero-order valence-electron chi connectivity index (χ0n) is 11.5.